The van der Waals surface area contributed by atoms with Gasteiger partial charge in [-0.05, 0) is 139 Å². The average Bonchev–Trinajstić information content (AvgIpc) is 4.03. The number of para-hydroxylation sites is 2. The van der Waals surface area contributed by atoms with Gasteiger partial charge in [-0.1, -0.05) is 206 Å². The molecular formula is C67H44N2. The largest absolute Gasteiger partial charge is 0.310 e. The van der Waals surface area contributed by atoms with Crippen molar-refractivity contribution in [1.82, 2.24) is 4.57 Å². The first-order chi connectivity index (χ1) is 34.2. The molecule has 0 saturated carbocycles. The molecule has 0 saturated heterocycles. The van der Waals surface area contributed by atoms with E-state index in [4.69, 9.17) is 0 Å². The lowest BCUT2D eigenvalue weighted by Crippen LogP contribution is -2.26. The van der Waals surface area contributed by atoms with Gasteiger partial charge in [0.05, 0.1) is 16.4 Å². The number of hydrogen-bond acceptors (Lipinski definition) is 1. The number of nitrogens with zero attached hydrogens (tertiary/aromatic N) is 2. The summed E-state index contributed by atoms with van der Waals surface area (Å²) < 4.78 is 2.40. The second-order valence-electron chi connectivity index (χ2n) is 18.4. The van der Waals surface area contributed by atoms with E-state index in [2.05, 4.69) is 276 Å². The first-order valence-corrected chi connectivity index (χ1v) is 23.9. The third-order valence-corrected chi connectivity index (χ3v) is 14.8. The maximum Gasteiger partial charge on any atom is 0.0726 e. The maximum absolute atomic E-state index is 2.49. The fourth-order valence-electron chi connectivity index (χ4n) is 11.9. The second kappa shape index (κ2) is 15.6. The molecule has 14 rings (SSSR count). The smallest absolute Gasteiger partial charge is 0.0726 e. The third-order valence-electron chi connectivity index (χ3n) is 14.8. The van der Waals surface area contributed by atoms with Crippen LogP contribution in [0.4, 0.5) is 17.1 Å². The normalized spacial score (nSPS) is 12.8. The van der Waals surface area contributed by atoms with Gasteiger partial charge in [0.1, 0.15) is 0 Å². The molecule has 2 nitrogen and oxygen atoms in total. The van der Waals surface area contributed by atoms with Gasteiger partial charge in [-0.2, -0.15) is 0 Å². The topological polar surface area (TPSA) is 8.17 Å². The Morgan fingerprint density at radius 2 is 0.725 bits per heavy atom. The zero-order chi connectivity index (χ0) is 45.5. The molecule has 322 valence electrons. The van der Waals surface area contributed by atoms with E-state index in [0.29, 0.717) is 0 Å². The highest BCUT2D eigenvalue weighted by atomic mass is 15.1. The Labute approximate surface area is 402 Å². The van der Waals surface area contributed by atoms with Crippen LogP contribution >= 0.6 is 0 Å². The molecule has 0 amide bonds. The first kappa shape index (κ1) is 39.2. The molecule has 0 fully saturated rings. The number of rotatable bonds is 7. The summed E-state index contributed by atoms with van der Waals surface area (Å²) in [5.74, 6) is 0. The van der Waals surface area contributed by atoms with E-state index in [1.165, 1.54) is 94.1 Å². The van der Waals surface area contributed by atoms with E-state index in [0.717, 1.165) is 28.3 Å². The molecule has 0 bridgehead atoms. The van der Waals surface area contributed by atoms with Crippen LogP contribution in [0.15, 0.2) is 267 Å². The fraction of sp³-hybridized carbons (Fsp3) is 0.0149. The Morgan fingerprint density at radius 1 is 0.261 bits per heavy atom. The molecule has 11 aromatic carbocycles. The van der Waals surface area contributed by atoms with Crippen molar-refractivity contribution in [3.63, 3.8) is 0 Å². The Bertz CT molecular complexity index is 3890. The number of hydrogen-bond donors (Lipinski definition) is 0. The van der Waals surface area contributed by atoms with Gasteiger partial charge in [0.25, 0.3) is 0 Å². The second-order valence-corrected chi connectivity index (χ2v) is 18.4. The van der Waals surface area contributed by atoms with E-state index >= 15 is 0 Å². The zero-order valence-electron chi connectivity index (χ0n) is 37.8. The fourth-order valence-corrected chi connectivity index (χ4v) is 11.9. The van der Waals surface area contributed by atoms with E-state index in [-0.39, 0.29) is 0 Å². The molecule has 0 atom stereocenters. The van der Waals surface area contributed by atoms with Gasteiger partial charge in [-0.25, -0.2) is 0 Å². The minimum Gasteiger partial charge on any atom is -0.310 e. The van der Waals surface area contributed by atoms with Gasteiger partial charge in [-0.3, -0.25) is 0 Å². The first-order valence-electron chi connectivity index (χ1n) is 23.9. The van der Waals surface area contributed by atoms with Crippen LogP contribution in [-0.2, 0) is 5.41 Å². The summed E-state index contributed by atoms with van der Waals surface area (Å²) in [7, 11) is 0. The molecule has 0 aliphatic heterocycles. The lowest BCUT2D eigenvalue weighted by atomic mass is 9.70. The van der Waals surface area contributed by atoms with Crippen LogP contribution in [-0.4, -0.2) is 4.57 Å². The predicted molar refractivity (Wildman–Crippen MR) is 288 cm³/mol. The van der Waals surface area contributed by atoms with Crippen molar-refractivity contribution in [1.29, 1.82) is 0 Å². The predicted octanol–water partition coefficient (Wildman–Crippen LogP) is 17.6. The molecule has 2 heteroatoms. The summed E-state index contributed by atoms with van der Waals surface area (Å²) in [6, 6.07) is 98.5. The van der Waals surface area contributed by atoms with Crippen molar-refractivity contribution < 1.29 is 0 Å². The van der Waals surface area contributed by atoms with Crippen molar-refractivity contribution in [2.24, 2.45) is 0 Å². The molecular weight excluding hydrogens is 833 g/mol. The van der Waals surface area contributed by atoms with Crippen molar-refractivity contribution in [2.45, 2.75) is 5.41 Å². The van der Waals surface area contributed by atoms with Gasteiger partial charge < -0.3 is 9.47 Å². The summed E-state index contributed by atoms with van der Waals surface area (Å²) >= 11 is 0. The minimum atomic E-state index is -0.452. The number of benzene rings is 11. The zero-order valence-corrected chi connectivity index (χ0v) is 37.8. The average molecular weight is 877 g/mol. The Kier molecular flexibility index (Phi) is 8.84. The van der Waals surface area contributed by atoms with E-state index in [9.17, 15) is 0 Å². The van der Waals surface area contributed by atoms with Crippen LogP contribution in [0.5, 0.6) is 0 Å². The maximum atomic E-state index is 2.49. The quantitative estimate of drug-likeness (QED) is 0.155. The van der Waals surface area contributed by atoms with Crippen LogP contribution in [0.1, 0.15) is 22.3 Å². The van der Waals surface area contributed by atoms with E-state index in [1.807, 2.05) is 0 Å². The van der Waals surface area contributed by atoms with Crippen LogP contribution in [0, 0.1) is 0 Å². The molecule has 12 aromatic rings. The van der Waals surface area contributed by atoms with Crippen LogP contribution in [0.2, 0.25) is 0 Å². The molecule has 2 aliphatic rings. The summed E-state index contributed by atoms with van der Waals surface area (Å²) in [4.78, 5) is 2.45. The molecule has 1 spiro atoms. The summed E-state index contributed by atoms with van der Waals surface area (Å²) in [6.07, 6.45) is 0. The molecule has 0 radical (unpaired) electrons. The molecule has 0 N–H and O–H groups in total. The van der Waals surface area contributed by atoms with Gasteiger partial charge in [0.15, 0.2) is 0 Å². The van der Waals surface area contributed by atoms with E-state index in [1.54, 1.807) is 0 Å². The highest BCUT2D eigenvalue weighted by molar-refractivity contribution is 6.10. The van der Waals surface area contributed by atoms with Gasteiger partial charge in [0.2, 0.25) is 0 Å². The van der Waals surface area contributed by atoms with Crippen LogP contribution < -0.4 is 4.90 Å². The number of fused-ring (bicyclic) bond motifs is 13. The lowest BCUT2D eigenvalue weighted by Gasteiger charge is -2.32. The van der Waals surface area contributed by atoms with Crippen molar-refractivity contribution in [3.05, 3.63) is 289 Å². The summed E-state index contributed by atoms with van der Waals surface area (Å²) in [5, 5.41) is 2.50. The molecule has 69 heavy (non-hydrogen) atoms. The van der Waals surface area contributed by atoms with Crippen LogP contribution in [0.25, 0.3) is 83.1 Å². The Hall–Kier alpha value is -8.98. The van der Waals surface area contributed by atoms with Crippen molar-refractivity contribution >= 4 is 38.9 Å². The number of anilines is 3. The Balaban J connectivity index is 0.949. The molecule has 2 aliphatic carbocycles. The Morgan fingerprint density at radius 3 is 1.39 bits per heavy atom. The van der Waals surface area contributed by atoms with Crippen LogP contribution in [0.3, 0.4) is 0 Å². The summed E-state index contributed by atoms with van der Waals surface area (Å²) in [6.45, 7) is 0. The summed E-state index contributed by atoms with van der Waals surface area (Å²) in [5.41, 5.74) is 24.0. The standard InChI is InChI=1S/C67H44N2/c1-3-18-45(19-4-1)46-34-37-50(38-35-46)68(52-39-41-58-57-28-11-15-32-63(57)67(64(58)44-52)61-30-13-9-26-55(61)56-27-10-14-31-62(56)67)51-23-17-20-47(42-51)53-24-7-8-25-54(53)48-36-40-60-59-29-12-16-33-65(59)69(66(60)43-48)49-21-5-2-6-22-49/h1-44H. The van der Waals surface area contributed by atoms with Gasteiger partial charge in [0, 0.05) is 33.5 Å². The third kappa shape index (κ3) is 5.92. The number of aromatic nitrogens is 1. The highest BCUT2D eigenvalue weighted by Gasteiger charge is 2.51. The molecule has 0 unspecified atom stereocenters. The minimum absolute atomic E-state index is 0.452. The monoisotopic (exact) mass is 876 g/mol. The van der Waals surface area contributed by atoms with E-state index < -0.39 is 5.41 Å². The highest BCUT2D eigenvalue weighted by Crippen LogP contribution is 2.63. The lowest BCUT2D eigenvalue weighted by molar-refractivity contribution is 0.793. The van der Waals surface area contributed by atoms with Crippen molar-refractivity contribution in [2.75, 3.05) is 4.90 Å². The molecule has 1 heterocycles. The molecule has 1 aromatic heterocycles. The SMILES string of the molecule is c1ccc(-c2ccc(N(c3cccc(-c4ccccc4-c4ccc5c6ccccc6n(-c6ccccc6)c5c4)c3)c3ccc4c(c3)C3(c5ccccc5-c5ccccc53)c3ccccc3-4)cc2)cc1. The van der Waals surface area contributed by atoms with Crippen molar-refractivity contribution in [3.8, 4) is 61.3 Å². The van der Waals surface area contributed by atoms with Gasteiger partial charge >= 0.3 is 0 Å². The van der Waals surface area contributed by atoms with Gasteiger partial charge in [-0.15, -0.1) is 0 Å².